The van der Waals surface area contributed by atoms with E-state index in [2.05, 4.69) is 0 Å². The molecule has 168 valence electrons. The van der Waals surface area contributed by atoms with E-state index < -0.39 is 11.3 Å². The molecular formula is C27H25ClN2O3. The number of ether oxygens (including phenoxy) is 1. The van der Waals surface area contributed by atoms with Crippen molar-refractivity contribution in [3.8, 4) is 5.75 Å². The molecule has 2 N–H and O–H groups in total. The molecule has 0 aliphatic heterocycles. The first-order chi connectivity index (χ1) is 15.8. The van der Waals surface area contributed by atoms with Crippen molar-refractivity contribution in [2.75, 3.05) is 7.11 Å². The van der Waals surface area contributed by atoms with E-state index in [1.54, 1.807) is 42.0 Å². The Kier molecular flexibility index (Phi) is 6.00. The first kappa shape index (κ1) is 22.6. The molecule has 1 unspecified atom stereocenters. The predicted molar refractivity (Wildman–Crippen MR) is 131 cm³/mol. The normalized spacial score (nSPS) is 13.0. The number of amides is 1. The van der Waals surface area contributed by atoms with Crippen LogP contribution in [0.5, 0.6) is 5.75 Å². The van der Waals surface area contributed by atoms with Crippen molar-refractivity contribution in [2.24, 2.45) is 5.73 Å². The molecule has 6 heteroatoms. The minimum atomic E-state index is -1.12. The van der Waals surface area contributed by atoms with E-state index in [0.29, 0.717) is 39.5 Å². The van der Waals surface area contributed by atoms with Crippen LogP contribution < -0.4 is 10.5 Å². The van der Waals surface area contributed by atoms with Crippen molar-refractivity contribution in [3.05, 3.63) is 100 Å². The minimum absolute atomic E-state index is 0.215. The molecule has 0 saturated heterocycles. The largest absolute Gasteiger partial charge is 0.497 e. The summed E-state index contributed by atoms with van der Waals surface area (Å²) < 4.78 is 7.11. The Morgan fingerprint density at radius 3 is 2.27 bits per heavy atom. The molecule has 0 bridgehead atoms. The lowest BCUT2D eigenvalue weighted by molar-refractivity contribution is -0.122. The third-order valence-electron chi connectivity index (χ3n) is 6.35. The van der Waals surface area contributed by atoms with Crippen LogP contribution in [-0.4, -0.2) is 23.5 Å². The monoisotopic (exact) mass is 460 g/mol. The van der Waals surface area contributed by atoms with Gasteiger partial charge < -0.3 is 10.5 Å². The fourth-order valence-corrected chi connectivity index (χ4v) is 4.86. The van der Waals surface area contributed by atoms with Crippen LogP contribution in [0.25, 0.3) is 10.9 Å². The second-order valence-corrected chi connectivity index (χ2v) is 8.42. The van der Waals surface area contributed by atoms with E-state index >= 15 is 0 Å². The Bertz CT molecular complexity index is 1340. The minimum Gasteiger partial charge on any atom is -0.497 e. The lowest BCUT2D eigenvalue weighted by Crippen LogP contribution is -2.42. The first-order valence-corrected chi connectivity index (χ1v) is 11.1. The highest BCUT2D eigenvalue weighted by atomic mass is 35.5. The van der Waals surface area contributed by atoms with E-state index in [4.69, 9.17) is 22.1 Å². The van der Waals surface area contributed by atoms with E-state index in [-0.39, 0.29) is 5.91 Å². The van der Waals surface area contributed by atoms with Crippen molar-refractivity contribution in [1.29, 1.82) is 0 Å². The molecule has 4 aromatic rings. The SMILES string of the molecule is CCC(C(N)=O)(c1ccccc1)c1c(C)n(C(=O)c2ccc(Cl)cc2)c2ccc(OC)cc12. The number of carbonyl (C=O) groups excluding carboxylic acids is 2. The van der Waals surface area contributed by atoms with Crippen molar-refractivity contribution < 1.29 is 14.3 Å². The van der Waals surface area contributed by atoms with Crippen LogP contribution in [0.15, 0.2) is 72.8 Å². The second kappa shape index (κ2) is 8.75. The summed E-state index contributed by atoms with van der Waals surface area (Å²) in [6, 6.07) is 21.7. The lowest BCUT2D eigenvalue weighted by atomic mass is 9.70. The molecule has 33 heavy (non-hydrogen) atoms. The van der Waals surface area contributed by atoms with Gasteiger partial charge in [0.05, 0.1) is 12.6 Å². The van der Waals surface area contributed by atoms with Gasteiger partial charge in [-0.2, -0.15) is 0 Å². The van der Waals surface area contributed by atoms with Crippen LogP contribution in [0, 0.1) is 6.92 Å². The van der Waals surface area contributed by atoms with Gasteiger partial charge in [-0.3, -0.25) is 14.2 Å². The number of methoxy groups -OCH3 is 1. The second-order valence-electron chi connectivity index (χ2n) is 7.98. The number of hydrogen-bond acceptors (Lipinski definition) is 3. The highest BCUT2D eigenvalue weighted by Gasteiger charge is 2.43. The summed E-state index contributed by atoms with van der Waals surface area (Å²) in [4.78, 5) is 26.8. The standard InChI is InChI=1S/C27H25ClN2O3/c1-4-27(26(29)32,19-8-6-5-7-9-19)24-17(2)30(23-15-14-21(33-3)16-22(23)24)25(31)18-10-12-20(28)13-11-18/h5-16H,4H2,1-3H3,(H2,29,32). The average Bonchev–Trinajstić information content (AvgIpc) is 3.12. The summed E-state index contributed by atoms with van der Waals surface area (Å²) in [5.41, 5.74) is 8.30. The molecule has 3 aromatic carbocycles. The van der Waals surface area contributed by atoms with Crippen LogP contribution in [0.1, 0.15) is 40.5 Å². The van der Waals surface area contributed by atoms with Crippen LogP contribution in [0.2, 0.25) is 5.02 Å². The van der Waals surface area contributed by atoms with Gasteiger partial charge in [-0.15, -0.1) is 0 Å². The number of halogens is 1. The molecular weight excluding hydrogens is 436 g/mol. The maximum absolute atomic E-state index is 13.7. The lowest BCUT2D eigenvalue weighted by Gasteiger charge is -2.31. The van der Waals surface area contributed by atoms with Gasteiger partial charge in [0.1, 0.15) is 11.2 Å². The summed E-state index contributed by atoms with van der Waals surface area (Å²) in [5, 5.41) is 1.30. The molecule has 4 rings (SSSR count). The molecule has 0 aliphatic carbocycles. The molecule has 1 amide bonds. The van der Waals surface area contributed by atoms with Gasteiger partial charge in [0, 0.05) is 27.2 Å². The highest BCUT2D eigenvalue weighted by Crippen LogP contribution is 2.43. The first-order valence-electron chi connectivity index (χ1n) is 10.7. The fourth-order valence-electron chi connectivity index (χ4n) is 4.73. The molecule has 0 spiro atoms. The molecule has 0 radical (unpaired) electrons. The number of fused-ring (bicyclic) bond motifs is 1. The average molecular weight is 461 g/mol. The van der Waals surface area contributed by atoms with Gasteiger partial charge in [-0.1, -0.05) is 48.9 Å². The number of carbonyl (C=O) groups is 2. The quantitative estimate of drug-likeness (QED) is 0.414. The van der Waals surface area contributed by atoms with Crippen LogP contribution in [0.3, 0.4) is 0 Å². The maximum atomic E-state index is 13.7. The number of rotatable bonds is 6. The fraction of sp³-hybridized carbons (Fsp3) is 0.185. The summed E-state index contributed by atoms with van der Waals surface area (Å²) in [6.07, 6.45) is 0.429. The molecule has 0 aliphatic rings. The maximum Gasteiger partial charge on any atom is 0.262 e. The van der Waals surface area contributed by atoms with Gasteiger partial charge in [-0.05, 0) is 61.4 Å². The predicted octanol–water partition coefficient (Wildman–Crippen LogP) is 5.48. The Morgan fingerprint density at radius 1 is 1.03 bits per heavy atom. The van der Waals surface area contributed by atoms with E-state index in [9.17, 15) is 9.59 Å². The van der Waals surface area contributed by atoms with Gasteiger partial charge in [0.15, 0.2) is 0 Å². The van der Waals surface area contributed by atoms with Gasteiger partial charge in [0.2, 0.25) is 5.91 Å². The summed E-state index contributed by atoms with van der Waals surface area (Å²) in [6.45, 7) is 3.79. The van der Waals surface area contributed by atoms with Crippen LogP contribution in [0.4, 0.5) is 0 Å². The zero-order valence-corrected chi connectivity index (χ0v) is 19.5. The van der Waals surface area contributed by atoms with Crippen molar-refractivity contribution >= 4 is 34.3 Å². The smallest absolute Gasteiger partial charge is 0.262 e. The Balaban J connectivity index is 2.10. The van der Waals surface area contributed by atoms with Gasteiger partial charge in [-0.25, -0.2) is 0 Å². The number of hydrogen-bond donors (Lipinski definition) is 1. The number of aromatic nitrogens is 1. The summed E-state index contributed by atoms with van der Waals surface area (Å²) in [5.74, 6) is -0.0596. The van der Waals surface area contributed by atoms with Crippen molar-refractivity contribution in [3.63, 3.8) is 0 Å². The molecule has 1 heterocycles. The third-order valence-corrected chi connectivity index (χ3v) is 6.60. The zero-order valence-electron chi connectivity index (χ0n) is 18.8. The molecule has 5 nitrogen and oxygen atoms in total. The van der Waals surface area contributed by atoms with Crippen molar-refractivity contribution in [1.82, 2.24) is 4.57 Å². The third kappa shape index (κ3) is 3.58. The molecule has 1 atom stereocenters. The van der Waals surface area contributed by atoms with Crippen LogP contribution >= 0.6 is 11.6 Å². The number of nitrogens with zero attached hydrogens (tertiary/aromatic N) is 1. The van der Waals surface area contributed by atoms with E-state index in [1.807, 2.05) is 56.3 Å². The molecule has 0 saturated carbocycles. The van der Waals surface area contributed by atoms with E-state index in [1.165, 1.54) is 0 Å². The number of primary amides is 1. The molecule has 0 fully saturated rings. The van der Waals surface area contributed by atoms with Gasteiger partial charge in [0.25, 0.3) is 5.91 Å². The van der Waals surface area contributed by atoms with Crippen molar-refractivity contribution in [2.45, 2.75) is 25.7 Å². The number of nitrogens with two attached hydrogens (primary N) is 1. The van der Waals surface area contributed by atoms with Crippen LogP contribution in [-0.2, 0) is 10.2 Å². The summed E-state index contributed by atoms with van der Waals surface area (Å²) >= 11 is 6.02. The Labute approximate surface area is 197 Å². The topological polar surface area (TPSA) is 74.3 Å². The van der Waals surface area contributed by atoms with Gasteiger partial charge >= 0.3 is 0 Å². The molecule has 1 aromatic heterocycles. The Hall–Kier alpha value is -3.57. The van der Waals surface area contributed by atoms with E-state index in [0.717, 1.165) is 10.9 Å². The highest BCUT2D eigenvalue weighted by molar-refractivity contribution is 6.30. The zero-order chi connectivity index (χ0) is 23.8. The summed E-state index contributed by atoms with van der Waals surface area (Å²) in [7, 11) is 1.59. The number of benzene rings is 3. The Morgan fingerprint density at radius 2 is 1.70 bits per heavy atom.